The van der Waals surface area contributed by atoms with E-state index in [4.69, 9.17) is 11.6 Å². The third kappa shape index (κ3) is 2.69. The summed E-state index contributed by atoms with van der Waals surface area (Å²) in [6, 6.07) is 7.16. The molecular weight excluding hydrogens is 330 g/mol. The number of nitrogens with zero attached hydrogens (tertiary/aromatic N) is 2. The molecule has 21 heavy (non-hydrogen) atoms. The van der Waals surface area contributed by atoms with Gasteiger partial charge in [0.1, 0.15) is 5.65 Å². The van der Waals surface area contributed by atoms with Crippen LogP contribution in [0.4, 0.5) is 0 Å². The highest BCUT2D eigenvalue weighted by Crippen LogP contribution is 2.23. The molecule has 0 aromatic carbocycles. The van der Waals surface area contributed by atoms with Gasteiger partial charge in [0.2, 0.25) is 0 Å². The molecule has 0 fully saturated rings. The highest BCUT2D eigenvalue weighted by molar-refractivity contribution is 7.89. The van der Waals surface area contributed by atoms with E-state index in [1.807, 2.05) is 18.4 Å². The molecule has 3 aromatic rings. The Balaban J connectivity index is 1.97. The van der Waals surface area contributed by atoms with Crippen LogP contribution in [0, 0.1) is 6.92 Å². The minimum Gasteiger partial charge on any atom is -0.288 e. The molecule has 0 bridgehead atoms. The van der Waals surface area contributed by atoms with Crippen molar-refractivity contribution in [2.45, 2.75) is 18.5 Å². The lowest BCUT2D eigenvalue weighted by atomic mass is 10.3. The number of fused-ring (bicyclic) bond motifs is 1. The van der Waals surface area contributed by atoms with E-state index in [1.165, 1.54) is 15.7 Å². The number of pyridine rings is 1. The first-order chi connectivity index (χ1) is 9.99. The van der Waals surface area contributed by atoms with Crippen molar-refractivity contribution >= 4 is 38.6 Å². The molecule has 0 radical (unpaired) electrons. The summed E-state index contributed by atoms with van der Waals surface area (Å²) >= 11 is 7.51. The van der Waals surface area contributed by atoms with Crippen LogP contribution in [0.2, 0.25) is 5.15 Å². The second-order valence-corrected chi connectivity index (χ2v) is 7.53. The van der Waals surface area contributed by atoms with Gasteiger partial charge in [-0.15, -0.1) is 11.3 Å². The number of hydrogen-bond donors (Lipinski definition) is 1. The molecule has 110 valence electrons. The van der Waals surface area contributed by atoms with Gasteiger partial charge in [-0.25, -0.2) is 18.1 Å². The Kier molecular flexibility index (Phi) is 3.75. The summed E-state index contributed by atoms with van der Waals surface area (Å²) in [6.07, 6.45) is 1.62. The van der Waals surface area contributed by atoms with Gasteiger partial charge >= 0.3 is 0 Å². The maximum absolute atomic E-state index is 12.5. The highest BCUT2D eigenvalue weighted by Gasteiger charge is 2.24. The van der Waals surface area contributed by atoms with Crippen LogP contribution in [0.25, 0.3) is 5.65 Å². The minimum atomic E-state index is -3.74. The normalized spacial score (nSPS) is 12.1. The van der Waals surface area contributed by atoms with Crippen LogP contribution in [0.5, 0.6) is 0 Å². The van der Waals surface area contributed by atoms with Gasteiger partial charge < -0.3 is 0 Å². The number of rotatable bonds is 4. The van der Waals surface area contributed by atoms with Crippen molar-refractivity contribution in [2.24, 2.45) is 0 Å². The van der Waals surface area contributed by atoms with E-state index in [2.05, 4.69) is 9.71 Å². The molecule has 0 aliphatic rings. The average molecular weight is 342 g/mol. The number of halogens is 1. The fourth-order valence-corrected chi connectivity index (χ4v) is 4.57. The molecule has 3 heterocycles. The van der Waals surface area contributed by atoms with Crippen LogP contribution in [-0.2, 0) is 16.6 Å². The summed E-state index contributed by atoms with van der Waals surface area (Å²) < 4.78 is 29.0. The lowest BCUT2D eigenvalue weighted by molar-refractivity contribution is 0.577. The zero-order chi connectivity index (χ0) is 15.0. The monoisotopic (exact) mass is 341 g/mol. The lowest BCUT2D eigenvalue weighted by Crippen LogP contribution is -2.24. The predicted molar refractivity (Wildman–Crippen MR) is 83.3 cm³/mol. The van der Waals surface area contributed by atoms with E-state index in [9.17, 15) is 8.42 Å². The third-order valence-electron chi connectivity index (χ3n) is 3.09. The largest absolute Gasteiger partial charge is 0.288 e. The van der Waals surface area contributed by atoms with Crippen molar-refractivity contribution in [3.05, 3.63) is 51.4 Å². The van der Waals surface area contributed by atoms with E-state index >= 15 is 0 Å². The summed E-state index contributed by atoms with van der Waals surface area (Å²) in [5.41, 5.74) is 1.56. The molecule has 3 rings (SSSR count). The van der Waals surface area contributed by atoms with Crippen molar-refractivity contribution in [1.29, 1.82) is 0 Å². The second-order valence-electron chi connectivity index (χ2n) is 4.49. The highest BCUT2D eigenvalue weighted by atomic mass is 35.5. The number of aromatic nitrogens is 2. The Morgan fingerprint density at radius 1 is 1.38 bits per heavy atom. The summed E-state index contributed by atoms with van der Waals surface area (Å²) in [4.78, 5) is 5.03. The van der Waals surface area contributed by atoms with Crippen LogP contribution in [0.1, 0.15) is 10.4 Å². The Morgan fingerprint density at radius 3 is 2.90 bits per heavy atom. The second kappa shape index (κ2) is 5.42. The Hall–Kier alpha value is -1.41. The molecule has 0 atom stereocenters. The summed E-state index contributed by atoms with van der Waals surface area (Å²) in [6.45, 7) is 2.18. The predicted octanol–water partition coefficient (Wildman–Crippen LogP) is 2.84. The van der Waals surface area contributed by atoms with Crippen molar-refractivity contribution < 1.29 is 8.42 Å². The molecule has 0 amide bonds. The number of nitrogens with one attached hydrogen (secondary N) is 1. The molecule has 5 nitrogen and oxygen atoms in total. The molecule has 0 aliphatic heterocycles. The van der Waals surface area contributed by atoms with Gasteiger partial charge in [0, 0.05) is 17.6 Å². The molecule has 1 N–H and O–H groups in total. The zero-order valence-corrected chi connectivity index (χ0v) is 13.5. The van der Waals surface area contributed by atoms with Crippen molar-refractivity contribution in [3.8, 4) is 0 Å². The summed E-state index contributed by atoms with van der Waals surface area (Å²) in [5, 5.41) is 1.87. The van der Waals surface area contributed by atoms with Crippen molar-refractivity contribution in [2.75, 3.05) is 0 Å². The van der Waals surface area contributed by atoms with Crippen LogP contribution in [-0.4, -0.2) is 17.8 Å². The zero-order valence-electron chi connectivity index (χ0n) is 11.1. The number of sulfonamides is 1. The molecular formula is C13H12ClN3O2S2. The number of aryl methyl sites for hydroxylation is 1. The van der Waals surface area contributed by atoms with Gasteiger partial charge in [0.15, 0.2) is 10.2 Å². The molecule has 0 saturated carbocycles. The molecule has 3 aromatic heterocycles. The van der Waals surface area contributed by atoms with Crippen LogP contribution < -0.4 is 4.72 Å². The van der Waals surface area contributed by atoms with Crippen LogP contribution in [0.15, 0.2) is 40.9 Å². The Labute approximate surface area is 131 Å². The fraction of sp³-hybridized carbons (Fsp3) is 0.154. The van der Waals surface area contributed by atoms with Gasteiger partial charge in [-0.2, -0.15) is 0 Å². The lowest BCUT2D eigenvalue weighted by Gasteiger charge is -2.06. The first-order valence-corrected chi connectivity index (χ1v) is 8.88. The van der Waals surface area contributed by atoms with E-state index in [1.54, 1.807) is 24.4 Å². The molecule has 0 spiro atoms. The van der Waals surface area contributed by atoms with Crippen molar-refractivity contribution in [1.82, 2.24) is 14.1 Å². The number of thiophene rings is 1. The van der Waals surface area contributed by atoms with Crippen molar-refractivity contribution in [3.63, 3.8) is 0 Å². The van der Waals surface area contributed by atoms with Gasteiger partial charge in [-0.1, -0.05) is 17.7 Å². The van der Waals surface area contributed by atoms with Gasteiger partial charge in [0.25, 0.3) is 10.0 Å². The maximum atomic E-state index is 12.5. The van der Waals surface area contributed by atoms with E-state index in [0.29, 0.717) is 5.65 Å². The molecule has 0 saturated heterocycles. The van der Waals surface area contributed by atoms with Crippen LogP contribution in [0.3, 0.4) is 0 Å². The minimum absolute atomic E-state index is 0.0309. The first kappa shape index (κ1) is 14.5. The topological polar surface area (TPSA) is 63.5 Å². The van der Waals surface area contributed by atoms with E-state index in [0.717, 1.165) is 10.4 Å². The van der Waals surface area contributed by atoms with Gasteiger partial charge in [-0.3, -0.25) is 4.40 Å². The van der Waals surface area contributed by atoms with Crippen LogP contribution >= 0.6 is 22.9 Å². The Bertz CT molecular complexity index is 899. The smallest absolute Gasteiger partial charge is 0.260 e. The third-order valence-corrected chi connectivity index (χ3v) is 5.91. The van der Waals surface area contributed by atoms with E-state index in [-0.39, 0.29) is 16.7 Å². The SMILES string of the molecule is Cc1ccsc1CNS(=O)(=O)c1c(Cl)nc2ccccn12. The fourth-order valence-electron chi connectivity index (χ4n) is 2.00. The maximum Gasteiger partial charge on any atom is 0.260 e. The molecule has 0 unspecified atom stereocenters. The summed E-state index contributed by atoms with van der Waals surface area (Å²) in [5.74, 6) is 0. The number of hydrogen-bond acceptors (Lipinski definition) is 4. The van der Waals surface area contributed by atoms with Gasteiger partial charge in [-0.05, 0) is 36.1 Å². The number of imidazole rings is 1. The summed E-state index contributed by atoms with van der Waals surface area (Å²) in [7, 11) is -3.74. The van der Waals surface area contributed by atoms with E-state index < -0.39 is 10.0 Å². The molecule has 0 aliphatic carbocycles. The average Bonchev–Trinajstić information content (AvgIpc) is 2.99. The van der Waals surface area contributed by atoms with Gasteiger partial charge in [0.05, 0.1) is 0 Å². The standard InChI is InChI=1S/C13H12ClN3O2S2/c1-9-5-7-20-10(9)8-15-21(18,19)13-12(14)16-11-4-2-3-6-17(11)13/h2-7,15H,8H2,1H3. The first-order valence-electron chi connectivity index (χ1n) is 6.14. The molecule has 8 heteroatoms. The quantitative estimate of drug-likeness (QED) is 0.793. The Morgan fingerprint density at radius 2 is 2.19 bits per heavy atom.